The molecule has 5 rings (SSSR count). The molecule has 174 valence electrons. The minimum Gasteiger partial charge on any atom is -0.507 e. The summed E-state index contributed by atoms with van der Waals surface area (Å²) in [6.07, 6.45) is 4.73. The first kappa shape index (κ1) is 22.5. The first-order chi connectivity index (χ1) is 17.0. The van der Waals surface area contributed by atoms with Gasteiger partial charge in [-0.25, -0.2) is 4.98 Å². The van der Waals surface area contributed by atoms with E-state index < -0.39 is 17.7 Å². The Kier molecular flexibility index (Phi) is 6.12. The second-order valence-electron chi connectivity index (χ2n) is 8.07. The molecule has 4 aromatic rings. The first-order valence-corrected chi connectivity index (χ1v) is 11.8. The molecule has 3 heterocycles. The normalized spacial score (nSPS) is 17.1. The second kappa shape index (κ2) is 9.52. The van der Waals surface area contributed by atoms with Crippen molar-refractivity contribution >= 4 is 33.9 Å². The molecule has 1 saturated heterocycles. The van der Waals surface area contributed by atoms with E-state index in [0.29, 0.717) is 28.6 Å². The van der Waals surface area contributed by atoms with E-state index in [1.54, 1.807) is 60.4 Å². The molecule has 0 radical (unpaired) electrons. The maximum atomic E-state index is 13.1. The van der Waals surface area contributed by atoms with E-state index in [2.05, 4.69) is 16.0 Å². The highest BCUT2D eigenvalue weighted by Crippen LogP contribution is 2.42. The Bertz CT molecular complexity index is 1400. The molecule has 1 fully saturated rings. The highest BCUT2D eigenvalue weighted by Gasteiger charge is 2.47. The first-order valence-electron chi connectivity index (χ1n) is 10.9. The number of hydrogen-bond donors (Lipinski definition) is 1. The average Bonchev–Trinajstić information content (AvgIpc) is 3.50. The third-order valence-electron chi connectivity index (χ3n) is 5.71. The molecule has 1 aliphatic rings. The lowest BCUT2D eigenvalue weighted by atomic mass is 9.96. The number of aliphatic hydroxyl groups excluding tert-OH is 1. The fourth-order valence-corrected chi connectivity index (χ4v) is 4.73. The number of carbonyl (C=O) groups is 2. The van der Waals surface area contributed by atoms with Crippen molar-refractivity contribution in [2.24, 2.45) is 0 Å². The summed E-state index contributed by atoms with van der Waals surface area (Å²) in [5.41, 5.74) is 3.27. The Morgan fingerprint density at radius 2 is 1.83 bits per heavy atom. The summed E-state index contributed by atoms with van der Waals surface area (Å²) in [6, 6.07) is 17.5. The van der Waals surface area contributed by atoms with Crippen molar-refractivity contribution in [1.29, 1.82) is 0 Å². The Balaban J connectivity index is 1.47. The lowest BCUT2D eigenvalue weighted by Gasteiger charge is -2.22. The maximum Gasteiger partial charge on any atom is 0.301 e. The summed E-state index contributed by atoms with van der Waals surface area (Å²) in [7, 11) is 0. The Labute approximate surface area is 206 Å². The van der Waals surface area contributed by atoms with Gasteiger partial charge in [-0.3, -0.25) is 19.5 Å². The van der Waals surface area contributed by atoms with Gasteiger partial charge in [0.1, 0.15) is 18.1 Å². The molecular weight excluding hydrogens is 462 g/mol. The number of rotatable bonds is 6. The van der Waals surface area contributed by atoms with E-state index in [-0.39, 0.29) is 11.3 Å². The number of ether oxygens (including phenoxy) is 1. The smallest absolute Gasteiger partial charge is 0.301 e. The van der Waals surface area contributed by atoms with Crippen LogP contribution in [0.15, 0.2) is 90.2 Å². The van der Waals surface area contributed by atoms with Gasteiger partial charge in [0, 0.05) is 29.5 Å². The quantitative estimate of drug-likeness (QED) is 0.234. The van der Waals surface area contributed by atoms with Gasteiger partial charge in [0.2, 0.25) is 0 Å². The van der Waals surface area contributed by atoms with Crippen LogP contribution in [0.5, 0.6) is 5.75 Å². The van der Waals surface area contributed by atoms with Crippen LogP contribution in [0.3, 0.4) is 0 Å². The molecule has 0 spiro atoms. The average molecular weight is 484 g/mol. The van der Waals surface area contributed by atoms with Gasteiger partial charge in [0.25, 0.3) is 5.78 Å². The van der Waals surface area contributed by atoms with Crippen molar-refractivity contribution in [1.82, 2.24) is 9.97 Å². The van der Waals surface area contributed by atoms with Crippen LogP contribution in [-0.4, -0.2) is 26.8 Å². The van der Waals surface area contributed by atoms with Gasteiger partial charge in [0.15, 0.2) is 5.13 Å². The molecule has 8 heteroatoms. The van der Waals surface area contributed by atoms with Crippen LogP contribution in [0.4, 0.5) is 5.13 Å². The third kappa shape index (κ3) is 4.43. The molecule has 0 saturated carbocycles. The van der Waals surface area contributed by atoms with Crippen LogP contribution in [0.25, 0.3) is 5.76 Å². The Morgan fingerprint density at radius 1 is 1.06 bits per heavy atom. The van der Waals surface area contributed by atoms with E-state index in [1.807, 2.05) is 25.1 Å². The van der Waals surface area contributed by atoms with Gasteiger partial charge in [-0.05, 0) is 54.4 Å². The number of Topliss-reactive ketones (excluding diaryl/α,β-unsaturated/α-hetero) is 1. The number of aryl methyl sites for hydroxylation is 1. The summed E-state index contributed by atoms with van der Waals surface area (Å²) < 4.78 is 5.86. The molecule has 1 atom stereocenters. The van der Waals surface area contributed by atoms with Gasteiger partial charge in [0.05, 0.1) is 11.6 Å². The zero-order chi connectivity index (χ0) is 24.4. The molecule has 1 amide bonds. The number of aliphatic hydroxyl groups is 1. The minimum atomic E-state index is -0.818. The predicted molar refractivity (Wildman–Crippen MR) is 133 cm³/mol. The van der Waals surface area contributed by atoms with Crippen molar-refractivity contribution in [3.63, 3.8) is 0 Å². The second-order valence-corrected chi connectivity index (χ2v) is 8.94. The summed E-state index contributed by atoms with van der Waals surface area (Å²) >= 11 is 1.25. The SMILES string of the molecule is Cc1cccc(COc2ccc(C(O)=C3C(=O)C(=O)N(c4nccs4)[C@H]3c3ccncc3)cc2)c1. The van der Waals surface area contributed by atoms with Crippen molar-refractivity contribution in [3.8, 4) is 5.75 Å². The van der Waals surface area contributed by atoms with Crippen molar-refractivity contribution in [3.05, 3.63) is 112 Å². The van der Waals surface area contributed by atoms with Crippen LogP contribution < -0.4 is 9.64 Å². The molecule has 1 aliphatic heterocycles. The van der Waals surface area contributed by atoms with Gasteiger partial charge in [-0.15, -0.1) is 11.3 Å². The number of thiazole rings is 1. The fourth-order valence-electron chi connectivity index (χ4n) is 4.06. The minimum absolute atomic E-state index is 0.00447. The number of benzene rings is 2. The molecular formula is C27H21N3O4S. The monoisotopic (exact) mass is 483 g/mol. The standard InChI is InChI=1S/C27H21N3O4S/c1-17-3-2-4-18(15-17)16-34-21-7-5-20(6-8-21)24(31)22-23(19-9-11-28-12-10-19)30(26(33)25(22)32)27-29-13-14-35-27/h2-15,23,31H,16H2,1H3/t23-/m0/s1. The van der Waals surface area contributed by atoms with E-state index in [9.17, 15) is 14.7 Å². The summed E-state index contributed by atoms with van der Waals surface area (Å²) in [5, 5.41) is 13.3. The highest BCUT2D eigenvalue weighted by molar-refractivity contribution is 7.14. The zero-order valence-corrected chi connectivity index (χ0v) is 19.6. The number of ketones is 1. The van der Waals surface area contributed by atoms with Crippen LogP contribution >= 0.6 is 11.3 Å². The number of hydrogen-bond acceptors (Lipinski definition) is 7. The molecule has 0 unspecified atom stereocenters. The van der Waals surface area contributed by atoms with E-state index >= 15 is 0 Å². The van der Waals surface area contributed by atoms with E-state index in [4.69, 9.17) is 4.74 Å². The zero-order valence-electron chi connectivity index (χ0n) is 18.8. The van der Waals surface area contributed by atoms with Gasteiger partial charge in [-0.1, -0.05) is 29.8 Å². The van der Waals surface area contributed by atoms with Crippen LogP contribution in [-0.2, 0) is 16.2 Å². The Hall–Kier alpha value is -4.30. The number of anilines is 1. The number of nitrogens with zero attached hydrogens (tertiary/aromatic N) is 3. The van der Waals surface area contributed by atoms with E-state index in [0.717, 1.165) is 11.1 Å². The lowest BCUT2D eigenvalue weighted by molar-refractivity contribution is -0.132. The Morgan fingerprint density at radius 3 is 2.51 bits per heavy atom. The summed E-state index contributed by atoms with van der Waals surface area (Å²) in [5.74, 6) is -1.13. The number of amides is 1. The maximum absolute atomic E-state index is 13.1. The lowest BCUT2D eigenvalue weighted by Crippen LogP contribution is -2.29. The molecule has 2 aromatic carbocycles. The van der Waals surface area contributed by atoms with Gasteiger partial charge >= 0.3 is 5.91 Å². The molecule has 0 bridgehead atoms. The van der Waals surface area contributed by atoms with Gasteiger partial charge in [-0.2, -0.15) is 0 Å². The third-order valence-corrected chi connectivity index (χ3v) is 6.48. The molecule has 1 N–H and O–H groups in total. The predicted octanol–water partition coefficient (Wildman–Crippen LogP) is 5.05. The molecule has 0 aliphatic carbocycles. The van der Waals surface area contributed by atoms with Gasteiger partial charge < -0.3 is 9.84 Å². The largest absolute Gasteiger partial charge is 0.507 e. The summed E-state index contributed by atoms with van der Waals surface area (Å²) in [4.78, 5) is 35.7. The topological polar surface area (TPSA) is 92.6 Å². The van der Waals surface area contributed by atoms with Crippen LogP contribution in [0.2, 0.25) is 0 Å². The number of carbonyl (C=O) groups excluding carboxylic acids is 2. The highest BCUT2D eigenvalue weighted by atomic mass is 32.1. The van der Waals surface area contributed by atoms with E-state index in [1.165, 1.54) is 16.2 Å². The number of aromatic nitrogens is 2. The van der Waals surface area contributed by atoms with Crippen LogP contribution in [0.1, 0.15) is 28.3 Å². The summed E-state index contributed by atoms with van der Waals surface area (Å²) in [6.45, 7) is 2.44. The molecule has 35 heavy (non-hydrogen) atoms. The fraction of sp³-hybridized carbons (Fsp3) is 0.111. The number of pyridine rings is 1. The molecule has 2 aromatic heterocycles. The van der Waals surface area contributed by atoms with Crippen molar-refractivity contribution in [2.75, 3.05) is 4.90 Å². The van der Waals surface area contributed by atoms with Crippen molar-refractivity contribution in [2.45, 2.75) is 19.6 Å². The van der Waals surface area contributed by atoms with Crippen LogP contribution in [0, 0.1) is 6.92 Å². The molecule has 7 nitrogen and oxygen atoms in total. The van der Waals surface area contributed by atoms with Crippen molar-refractivity contribution < 1.29 is 19.4 Å².